The molecule has 9 aromatic rings. The standard InChI is InChI=1S/C28H33N5O5.C23H30N4O2.C23H32N4.C20H28BrN3.C5H8ClNO2.CO2.2CH4/c1-16-6-8-20(9-7-16)24-30-25-21(27(34)37-23-18(3)14-17(2)15-19(23)4)22(29-5)26(33(25)31-24)38-28(35)32-10-12-36-13-11-32;1-13-6-8-17(9-7-13)21-25-22(27-26-21)19(20(24-5)23(28)29)12-18-15(3)10-14(2)11-16(18)4;1-14-7-9-19(10-8-14)22-25-23(27-26-22)21(18(5)24-6)13-20-16(3)11-15(2)12-17(20)4;1-12-5-7-16(8-6-12)19-22-20(24-23-19)18(21)11-17-14(3)9-13(2)10-15(17)4;6-5(8)7-1-3-9-4-2-7;2-1-3;;/h6-9,17-19,23H,10-15H2,1-4H3,(H,30,31);6-9,14-16,18-20H,10-12H2,1-4H3,(H,28,29)(H,25,26,27);7-10,15-18,20-21H,11-13H2,1-5H3,(H,25,26,27);5-8,13-15,17-18H,9-11H2,1-4H3,(H,22,23,24);1-4H2;;2*1H4. The summed E-state index contributed by atoms with van der Waals surface area (Å²) < 4.78 is 23.5. The predicted octanol–water partition coefficient (Wildman–Crippen LogP) is 23.4. The zero-order chi connectivity index (χ0) is 94.3. The molecule has 5 aromatic heterocycles. The van der Waals surface area contributed by atoms with Crippen molar-refractivity contribution in [3.05, 3.63) is 177 Å². The Morgan fingerprint density at radius 1 is 0.515 bits per heavy atom. The van der Waals surface area contributed by atoms with Gasteiger partial charge in [-0.3, -0.25) is 25.2 Å². The van der Waals surface area contributed by atoms with Crippen LogP contribution in [0.4, 0.5) is 15.3 Å². The first-order chi connectivity index (χ1) is 62.1. The number of esters is 1. The Bertz CT molecular complexity index is 5280. The summed E-state index contributed by atoms with van der Waals surface area (Å²) in [6, 6.07) is 31.0. The second kappa shape index (κ2) is 50.4. The van der Waals surface area contributed by atoms with Crippen LogP contribution < -0.4 is 4.74 Å². The maximum atomic E-state index is 13.7. The van der Waals surface area contributed by atoms with Crippen LogP contribution in [0.1, 0.15) is 242 Å². The molecular formula is C102H139BrClN17O11. The molecule has 13 unspecified atom stereocenters. The van der Waals surface area contributed by atoms with Crippen molar-refractivity contribution in [1.29, 1.82) is 0 Å². The van der Waals surface area contributed by atoms with E-state index in [9.17, 15) is 24.3 Å². The van der Waals surface area contributed by atoms with Gasteiger partial charge in [0.05, 0.1) is 43.7 Å². The zero-order valence-corrected chi connectivity index (χ0v) is 80.7. The van der Waals surface area contributed by atoms with Crippen LogP contribution in [0.5, 0.6) is 5.88 Å². The average Bonchev–Trinajstić information content (AvgIpc) is 1.58. The Morgan fingerprint density at radius 3 is 1.23 bits per heavy atom. The molecule has 13 atom stereocenters. The van der Waals surface area contributed by atoms with Crippen LogP contribution in [0.3, 0.4) is 0 Å². The molecule has 15 rings (SSSR count). The number of carbonyl (C=O) groups is 4. The van der Waals surface area contributed by atoms with Crippen LogP contribution in [0.25, 0.3) is 65.7 Å². The number of aliphatic carboxylic acids is 1. The number of H-pyrrole nitrogens is 4. The predicted molar refractivity (Wildman–Crippen MR) is 518 cm³/mol. The quantitative estimate of drug-likeness (QED) is 0.0165. The number of rotatable bonds is 19. The van der Waals surface area contributed by atoms with Gasteiger partial charge in [-0.25, -0.2) is 56.8 Å². The molecule has 712 valence electrons. The summed E-state index contributed by atoms with van der Waals surface area (Å²) in [5.74, 6) is 11.6. The number of nitrogens with one attached hydrogen (secondary N) is 4. The van der Waals surface area contributed by atoms with Crippen LogP contribution in [-0.4, -0.2) is 175 Å². The molecule has 2 saturated heterocycles. The van der Waals surface area contributed by atoms with E-state index in [0.29, 0.717) is 124 Å². The van der Waals surface area contributed by atoms with Gasteiger partial charge in [0.2, 0.25) is 11.9 Å². The lowest BCUT2D eigenvalue weighted by Crippen LogP contribution is -2.42. The molecule has 6 aliphatic rings. The number of ether oxygens (including phenoxy) is 4. The fraction of sp³-hybridized carbons (Fsp3) is 0.578. The first-order valence-electron chi connectivity index (χ1n) is 46.0. The summed E-state index contributed by atoms with van der Waals surface area (Å²) in [7, 11) is 0. The number of alkyl halides is 1. The van der Waals surface area contributed by atoms with Gasteiger partial charge in [0, 0.05) is 55.4 Å². The number of aromatic nitrogens is 12. The monoisotopic (exact) mass is 1890 g/mol. The highest BCUT2D eigenvalue weighted by Gasteiger charge is 2.45. The molecule has 0 spiro atoms. The summed E-state index contributed by atoms with van der Waals surface area (Å²) >= 11 is 9.04. The molecule has 30 heteroatoms. The molecule has 132 heavy (non-hydrogen) atoms. The molecule has 5 N–H and O–H groups in total. The molecular weight excluding hydrogens is 1750 g/mol. The van der Waals surface area contributed by atoms with Crippen molar-refractivity contribution in [3.8, 4) is 51.4 Å². The van der Waals surface area contributed by atoms with Crippen LogP contribution in [0.2, 0.25) is 0 Å². The first kappa shape index (κ1) is 107. The third-order valence-electron chi connectivity index (χ3n) is 27.3. The highest BCUT2D eigenvalue weighted by molar-refractivity contribution is 9.09. The number of nitrogens with zero attached hydrogens (tertiary/aromatic N) is 13. The minimum absolute atomic E-state index is 0. The van der Waals surface area contributed by atoms with E-state index >= 15 is 0 Å². The van der Waals surface area contributed by atoms with Crippen LogP contribution >= 0.6 is 27.5 Å². The second-order valence-electron chi connectivity index (χ2n) is 38.0. The molecule has 4 aromatic carbocycles. The summed E-state index contributed by atoms with van der Waals surface area (Å²) in [5, 5.41) is 34.9. The zero-order valence-electron chi connectivity index (χ0n) is 78.4. The van der Waals surface area contributed by atoms with Gasteiger partial charge < -0.3 is 43.5 Å². The number of aryl methyl sites for hydroxylation is 4. The number of amides is 2. The number of hydrogen-bond acceptors (Lipinski definition) is 17. The summed E-state index contributed by atoms with van der Waals surface area (Å²) in [6.07, 6.45) is 11.6. The molecule has 7 heterocycles. The molecule has 2 amide bonds. The van der Waals surface area contributed by atoms with Crippen molar-refractivity contribution in [2.45, 2.75) is 238 Å². The number of morpholine rings is 2. The summed E-state index contributed by atoms with van der Waals surface area (Å²) in [4.78, 5) is 98.2. The summed E-state index contributed by atoms with van der Waals surface area (Å²) in [6.45, 7) is 64.7. The normalized spacial score (nSPS) is 24.9. The smallest absolute Gasteiger partial charge is 0.415 e. The Morgan fingerprint density at radius 2 is 0.864 bits per heavy atom. The van der Waals surface area contributed by atoms with Gasteiger partial charge in [0.1, 0.15) is 35.1 Å². The van der Waals surface area contributed by atoms with Gasteiger partial charge in [-0.2, -0.15) is 24.9 Å². The number of benzene rings is 4. The van der Waals surface area contributed by atoms with E-state index in [-0.39, 0.29) is 83.9 Å². The minimum atomic E-state index is -1.16. The van der Waals surface area contributed by atoms with Crippen molar-refractivity contribution >= 4 is 68.4 Å². The Balaban J connectivity index is 0.000000209. The Kier molecular flexibility index (Phi) is 40.7. The number of fused-ring (bicyclic) bond motifs is 1. The fourth-order valence-electron chi connectivity index (χ4n) is 20.7. The van der Waals surface area contributed by atoms with Crippen molar-refractivity contribution in [2.24, 2.45) is 88.8 Å². The number of carboxylic acids is 1. The van der Waals surface area contributed by atoms with Crippen LogP contribution in [0, 0.1) is 136 Å². The second-order valence-corrected chi connectivity index (χ2v) is 39.5. The maximum absolute atomic E-state index is 13.7. The molecule has 28 nitrogen and oxygen atoms in total. The van der Waals surface area contributed by atoms with Gasteiger partial charge in [0.15, 0.2) is 28.9 Å². The topological polar surface area (TPSA) is 337 Å². The lowest BCUT2D eigenvalue weighted by atomic mass is 9.66. The van der Waals surface area contributed by atoms with Gasteiger partial charge in [-0.15, -0.1) is 0 Å². The molecule has 0 radical (unpaired) electrons. The van der Waals surface area contributed by atoms with Crippen molar-refractivity contribution in [1.82, 2.24) is 69.9 Å². The van der Waals surface area contributed by atoms with E-state index in [1.54, 1.807) is 4.90 Å². The number of hydrogen-bond donors (Lipinski definition) is 5. The molecule has 4 saturated carbocycles. The van der Waals surface area contributed by atoms with Crippen molar-refractivity contribution in [3.63, 3.8) is 0 Å². The number of carbonyl (C=O) groups excluding carboxylic acids is 5. The largest absolute Gasteiger partial charge is 0.475 e. The van der Waals surface area contributed by atoms with Gasteiger partial charge in [0.25, 0.3) is 5.69 Å². The van der Waals surface area contributed by atoms with E-state index in [1.165, 1.54) is 46.2 Å². The minimum Gasteiger partial charge on any atom is -0.475 e. The van der Waals surface area contributed by atoms with Gasteiger partial charge in [-0.1, -0.05) is 233 Å². The number of halogens is 2. The average molecular weight is 1890 g/mol. The highest BCUT2D eigenvalue weighted by atomic mass is 79.9. The van der Waals surface area contributed by atoms with Gasteiger partial charge in [-0.05, 0) is 199 Å². The Labute approximate surface area is 793 Å². The number of aromatic amines is 4. The molecule has 0 bridgehead atoms. The number of carboxylic acid groups (broad SMARTS) is 1. The third kappa shape index (κ3) is 28.4. The van der Waals surface area contributed by atoms with E-state index in [1.807, 2.05) is 69.3 Å². The third-order valence-corrected chi connectivity index (χ3v) is 28.4. The van der Waals surface area contributed by atoms with Crippen molar-refractivity contribution < 1.29 is 52.8 Å². The highest BCUT2D eigenvalue weighted by Crippen LogP contribution is 2.48. The fourth-order valence-corrected chi connectivity index (χ4v) is 21.5. The van der Waals surface area contributed by atoms with Gasteiger partial charge >= 0.3 is 35.6 Å². The van der Waals surface area contributed by atoms with Crippen molar-refractivity contribution in [2.75, 3.05) is 52.6 Å². The van der Waals surface area contributed by atoms with E-state index in [4.69, 9.17) is 69.8 Å². The molecule has 2 aliphatic heterocycles. The molecule has 6 fully saturated rings. The lowest BCUT2D eigenvalue weighted by molar-refractivity contribution is -0.191. The van der Waals surface area contributed by atoms with Crippen LogP contribution in [0.15, 0.2) is 97.1 Å². The van der Waals surface area contributed by atoms with E-state index < -0.39 is 30.0 Å². The first-order valence-corrected chi connectivity index (χ1v) is 47.3. The van der Waals surface area contributed by atoms with Crippen LogP contribution in [-0.2, 0) is 28.6 Å². The van der Waals surface area contributed by atoms with E-state index in [2.05, 4.69) is 222 Å². The maximum Gasteiger partial charge on any atom is 0.415 e. The van der Waals surface area contributed by atoms with E-state index in [0.717, 1.165) is 125 Å². The SMILES string of the molecule is C.C.Cc1ccc(-c2n[nH]c(C(Br)CC3C(C)CC(C)CC3C)n2)cc1.O=C(Cl)N1CCOCC1.O=C=O.[C-]#[N+]C(C(=O)O)C(CC1C(C)CC(C)CC1C)c1nc(-c2ccc(C)cc2)n[nH]1.[C-]#[N+]C(C)C(CC1C(C)CC(C)CC1C)c1nc(-c2ccc(C)cc2)n[nH]1.[C-]#[N+]c1c(C(=O)OC2C(C)CC(C)CC2C)c2nc(-c3ccc(C)cc3)[nH]n2c1OC(=O)N1CCOCC1. The Hall–Kier alpha value is -10.7. The molecule has 4 aliphatic carbocycles. The summed E-state index contributed by atoms with van der Waals surface area (Å²) in [5.41, 5.74) is 8.55. The lowest BCUT2D eigenvalue weighted by Gasteiger charge is -2.39.